The number of fused-ring (bicyclic) bond motifs is 1. The lowest BCUT2D eigenvalue weighted by atomic mass is 10.2. The highest BCUT2D eigenvalue weighted by Crippen LogP contribution is 2.17. The van der Waals surface area contributed by atoms with Gasteiger partial charge in [-0.15, -0.1) is 17.1 Å². The van der Waals surface area contributed by atoms with Crippen molar-refractivity contribution in [1.82, 2.24) is 4.90 Å². The van der Waals surface area contributed by atoms with Gasteiger partial charge in [-0.1, -0.05) is 11.6 Å². The van der Waals surface area contributed by atoms with E-state index in [0.29, 0.717) is 21.0 Å². The first-order valence-electron chi connectivity index (χ1n) is 6.72. The predicted molar refractivity (Wildman–Crippen MR) is 90.5 cm³/mol. The Labute approximate surface area is 145 Å². The molecule has 0 saturated heterocycles. The van der Waals surface area contributed by atoms with E-state index >= 15 is 0 Å². The zero-order valence-corrected chi connectivity index (χ0v) is 14.3. The van der Waals surface area contributed by atoms with E-state index in [-0.39, 0.29) is 35.0 Å². The molecular formula is C14H17Cl2N5O2. The minimum atomic E-state index is -0.269. The van der Waals surface area contributed by atoms with Crippen LogP contribution in [0, 0.1) is 21.7 Å². The largest absolute Gasteiger partial charge is 0.710 e. The van der Waals surface area contributed by atoms with Gasteiger partial charge in [-0.05, 0) is 32.6 Å². The van der Waals surface area contributed by atoms with Gasteiger partial charge in [-0.25, -0.2) is 4.73 Å². The fourth-order valence-electron chi connectivity index (χ4n) is 2.12. The molecule has 0 aliphatic rings. The van der Waals surface area contributed by atoms with E-state index in [4.69, 9.17) is 11.6 Å². The highest BCUT2D eigenvalue weighted by atomic mass is 35.5. The molecule has 0 spiro atoms. The van der Waals surface area contributed by atoms with Crippen LogP contribution in [0.25, 0.3) is 11.0 Å². The van der Waals surface area contributed by atoms with E-state index in [1.807, 2.05) is 19.0 Å². The standard InChI is InChI=1S/C14H16ClN5O2.ClH/c1-18(2)7-3-6-17-14-13(9-16)19(21)12-8-10(15)4-5-11(12)20(14)22;/h4-5,8,17H,3,6-7H2,1-2H3;1H. The molecule has 1 N–H and O–H groups in total. The van der Waals surface area contributed by atoms with Gasteiger partial charge in [0.15, 0.2) is 6.07 Å². The third kappa shape index (κ3) is 4.05. The third-order valence-electron chi connectivity index (χ3n) is 3.19. The van der Waals surface area contributed by atoms with Gasteiger partial charge >= 0.3 is 11.5 Å². The SMILES string of the molecule is CN(C)CCCNc1c(C#N)[n+]([O-])c2cc(Cl)ccc2[n+]1[O-].Cl. The number of aromatic nitrogens is 2. The Morgan fingerprint density at radius 3 is 2.57 bits per heavy atom. The average Bonchev–Trinajstić information content (AvgIpc) is 2.48. The van der Waals surface area contributed by atoms with Gasteiger partial charge in [-0.3, -0.25) is 5.32 Å². The van der Waals surface area contributed by atoms with Crippen molar-refractivity contribution < 1.29 is 9.46 Å². The highest BCUT2D eigenvalue weighted by Gasteiger charge is 2.26. The summed E-state index contributed by atoms with van der Waals surface area (Å²) in [5.74, 6) is -0.0360. The normalized spacial score (nSPS) is 10.4. The van der Waals surface area contributed by atoms with Crippen LogP contribution in [-0.4, -0.2) is 32.1 Å². The Morgan fingerprint density at radius 2 is 1.96 bits per heavy atom. The number of rotatable bonds is 5. The first kappa shape index (κ1) is 19.0. The van der Waals surface area contributed by atoms with Crippen LogP contribution in [-0.2, 0) is 0 Å². The summed E-state index contributed by atoms with van der Waals surface area (Å²) in [6.45, 7) is 1.31. The summed E-state index contributed by atoms with van der Waals surface area (Å²) in [5.41, 5.74) is -0.0407. The molecule has 0 atom stereocenters. The molecular weight excluding hydrogens is 341 g/mol. The van der Waals surface area contributed by atoms with Crippen LogP contribution < -0.4 is 14.8 Å². The molecule has 2 aromatic rings. The second kappa shape index (κ2) is 8.02. The van der Waals surface area contributed by atoms with Crippen molar-refractivity contribution in [3.05, 3.63) is 39.3 Å². The molecule has 0 fully saturated rings. The van der Waals surface area contributed by atoms with Gasteiger partial charge in [0.25, 0.3) is 5.52 Å². The van der Waals surface area contributed by atoms with Gasteiger partial charge in [0.05, 0.1) is 6.54 Å². The lowest BCUT2D eigenvalue weighted by Crippen LogP contribution is -2.44. The van der Waals surface area contributed by atoms with Crippen molar-refractivity contribution in [3.8, 4) is 6.07 Å². The van der Waals surface area contributed by atoms with E-state index < -0.39 is 0 Å². The maximum absolute atomic E-state index is 12.4. The molecule has 2 rings (SSSR count). The second-order valence-electron chi connectivity index (χ2n) is 5.11. The summed E-state index contributed by atoms with van der Waals surface area (Å²) >= 11 is 5.84. The number of benzene rings is 1. The number of nitriles is 1. The number of nitrogens with zero attached hydrogens (tertiary/aromatic N) is 4. The van der Waals surface area contributed by atoms with Crippen LogP contribution in [0.3, 0.4) is 0 Å². The summed E-state index contributed by atoms with van der Waals surface area (Å²) in [6.07, 6.45) is 0.773. The van der Waals surface area contributed by atoms with Gasteiger partial charge in [0.1, 0.15) is 0 Å². The summed E-state index contributed by atoms with van der Waals surface area (Å²) in [5, 5.41) is 37.1. The van der Waals surface area contributed by atoms with Gasteiger partial charge in [0.2, 0.25) is 5.52 Å². The van der Waals surface area contributed by atoms with Crippen molar-refractivity contribution in [1.29, 1.82) is 5.26 Å². The Morgan fingerprint density at radius 1 is 1.26 bits per heavy atom. The third-order valence-corrected chi connectivity index (χ3v) is 3.42. The minimum absolute atomic E-state index is 0. The first-order valence-corrected chi connectivity index (χ1v) is 7.10. The quantitative estimate of drug-likeness (QED) is 0.496. The number of hydrogen-bond donors (Lipinski definition) is 1. The fourth-order valence-corrected chi connectivity index (χ4v) is 2.29. The maximum atomic E-state index is 12.4. The van der Waals surface area contributed by atoms with Gasteiger partial charge < -0.3 is 15.3 Å². The second-order valence-corrected chi connectivity index (χ2v) is 5.55. The summed E-state index contributed by atoms with van der Waals surface area (Å²) in [4.78, 5) is 2.01. The van der Waals surface area contributed by atoms with Crippen molar-refractivity contribution >= 4 is 40.9 Å². The molecule has 0 aliphatic heterocycles. The van der Waals surface area contributed by atoms with Crippen molar-refractivity contribution in [2.24, 2.45) is 0 Å². The molecule has 23 heavy (non-hydrogen) atoms. The van der Waals surface area contributed by atoms with E-state index in [1.165, 1.54) is 18.2 Å². The van der Waals surface area contributed by atoms with Gasteiger partial charge in [-0.2, -0.15) is 5.26 Å². The minimum Gasteiger partial charge on any atom is -0.710 e. The van der Waals surface area contributed by atoms with Gasteiger partial charge in [0, 0.05) is 17.6 Å². The molecule has 7 nitrogen and oxygen atoms in total. The zero-order valence-electron chi connectivity index (χ0n) is 12.7. The fraction of sp³-hybridized carbons (Fsp3) is 0.357. The van der Waals surface area contributed by atoms with Crippen LogP contribution in [0.15, 0.2) is 18.2 Å². The molecule has 9 heteroatoms. The van der Waals surface area contributed by atoms with Crippen molar-refractivity contribution in [2.45, 2.75) is 6.42 Å². The molecule has 0 aliphatic carbocycles. The van der Waals surface area contributed by atoms with Crippen LogP contribution in [0.4, 0.5) is 5.82 Å². The van der Waals surface area contributed by atoms with E-state index in [2.05, 4.69) is 5.32 Å². The van der Waals surface area contributed by atoms with E-state index in [0.717, 1.165) is 13.0 Å². The number of hydrogen-bond acceptors (Lipinski definition) is 5. The molecule has 1 heterocycles. The topological polar surface area (TPSA) is 92.9 Å². The van der Waals surface area contributed by atoms with Crippen LogP contribution in [0.5, 0.6) is 0 Å². The molecule has 0 bridgehead atoms. The summed E-state index contributed by atoms with van der Waals surface area (Å²) in [6, 6.07) is 6.14. The lowest BCUT2D eigenvalue weighted by molar-refractivity contribution is -0.620. The predicted octanol–water partition coefficient (Wildman–Crippen LogP) is 1.42. The molecule has 0 saturated carbocycles. The molecule has 1 aromatic heterocycles. The lowest BCUT2D eigenvalue weighted by Gasteiger charge is -2.14. The van der Waals surface area contributed by atoms with E-state index in [9.17, 15) is 15.7 Å². The number of anilines is 1. The molecule has 0 unspecified atom stereocenters. The summed E-state index contributed by atoms with van der Waals surface area (Å²) in [7, 11) is 3.89. The highest BCUT2D eigenvalue weighted by molar-refractivity contribution is 6.31. The molecule has 0 amide bonds. The Bertz CT molecular complexity index is 746. The maximum Gasteiger partial charge on any atom is 0.385 e. The summed E-state index contributed by atoms with van der Waals surface area (Å²) < 4.78 is 0.998. The van der Waals surface area contributed by atoms with Crippen LogP contribution in [0.1, 0.15) is 12.1 Å². The van der Waals surface area contributed by atoms with E-state index in [1.54, 1.807) is 6.07 Å². The Balaban J connectivity index is 0.00000264. The number of halogens is 2. The van der Waals surface area contributed by atoms with Crippen molar-refractivity contribution in [2.75, 3.05) is 32.5 Å². The first-order chi connectivity index (χ1) is 10.5. The van der Waals surface area contributed by atoms with Crippen LogP contribution in [0.2, 0.25) is 5.02 Å². The monoisotopic (exact) mass is 357 g/mol. The van der Waals surface area contributed by atoms with Crippen LogP contribution >= 0.6 is 24.0 Å². The zero-order chi connectivity index (χ0) is 16.3. The molecule has 124 valence electrons. The average molecular weight is 358 g/mol. The van der Waals surface area contributed by atoms with Crippen molar-refractivity contribution in [3.63, 3.8) is 0 Å². The molecule has 1 aromatic carbocycles. The Kier molecular flexibility index (Phi) is 6.63. The smallest absolute Gasteiger partial charge is 0.385 e. The molecule has 0 radical (unpaired) electrons. The Hall–Kier alpha value is -2.01. The number of nitrogens with one attached hydrogen (secondary N) is 1.